The maximum absolute atomic E-state index is 12.1. The van der Waals surface area contributed by atoms with Gasteiger partial charge in [0.2, 0.25) is 0 Å². The summed E-state index contributed by atoms with van der Waals surface area (Å²) in [5.74, 6) is 0. The van der Waals surface area contributed by atoms with E-state index in [4.69, 9.17) is 40.5 Å². The van der Waals surface area contributed by atoms with Crippen LogP contribution in [0.3, 0.4) is 0 Å². The lowest BCUT2D eigenvalue weighted by molar-refractivity contribution is 0.442. The van der Waals surface area contributed by atoms with Gasteiger partial charge in [-0.1, -0.05) is 34.8 Å². The lowest BCUT2D eigenvalue weighted by atomic mass is 10.1. The summed E-state index contributed by atoms with van der Waals surface area (Å²) >= 11 is 17.6. The highest BCUT2D eigenvalue weighted by Gasteiger charge is 2.16. The summed E-state index contributed by atoms with van der Waals surface area (Å²) in [4.78, 5) is 0. The molecule has 0 bridgehead atoms. The summed E-state index contributed by atoms with van der Waals surface area (Å²) in [7, 11) is 0. The lowest BCUT2D eigenvalue weighted by Gasteiger charge is -2.14. The van der Waals surface area contributed by atoms with Crippen molar-refractivity contribution in [1.82, 2.24) is 0 Å². The fourth-order valence-corrected chi connectivity index (χ4v) is 1.96. The maximum atomic E-state index is 12.1. The fourth-order valence-electron chi connectivity index (χ4n) is 1.14. The van der Waals surface area contributed by atoms with Crippen LogP contribution in [0.1, 0.15) is 18.0 Å². The molecule has 1 aromatic rings. The molecule has 0 aromatic heterocycles. The molecule has 0 amide bonds. The Hall–Kier alpha value is 0.270. The van der Waals surface area contributed by atoms with E-state index in [9.17, 15) is 4.39 Å². The number of hydrogen-bond acceptors (Lipinski definition) is 1. The van der Waals surface area contributed by atoms with Crippen LogP contribution in [0.15, 0.2) is 12.1 Å². The van der Waals surface area contributed by atoms with Gasteiger partial charge in [-0.2, -0.15) is 0 Å². The second kappa shape index (κ2) is 6.77. The van der Waals surface area contributed by atoms with Gasteiger partial charge in [-0.3, -0.25) is 4.39 Å². The van der Waals surface area contributed by atoms with Crippen LogP contribution in [0.25, 0.3) is 0 Å². The molecule has 1 aromatic carbocycles. The number of rotatable bonds is 3. The van der Waals surface area contributed by atoms with Gasteiger partial charge >= 0.3 is 0 Å². The van der Waals surface area contributed by atoms with E-state index in [0.717, 1.165) is 0 Å². The van der Waals surface area contributed by atoms with Crippen LogP contribution in [0.2, 0.25) is 15.1 Å². The molecule has 0 fully saturated rings. The highest BCUT2D eigenvalue weighted by atomic mass is 35.5. The van der Waals surface area contributed by atoms with Gasteiger partial charge in [-0.15, -0.1) is 12.4 Å². The molecule has 86 valence electrons. The van der Waals surface area contributed by atoms with Crippen molar-refractivity contribution < 1.29 is 4.39 Å². The molecule has 0 radical (unpaired) electrons. The van der Waals surface area contributed by atoms with E-state index < -0.39 is 12.7 Å². The molecule has 1 atom stereocenters. The monoisotopic (exact) mass is 291 g/mol. The van der Waals surface area contributed by atoms with Crippen LogP contribution < -0.4 is 5.73 Å². The Kier molecular flexibility index (Phi) is 6.89. The van der Waals surface area contributed by atoms with Crippen molar-refractivity contribution in [1.29, 1.82) is 0 Å². The van der Waals surface area contributed by atoms with Gasteiger partial charge in [-0.25, -0.2) is 0 Å². The van der Waals surface area contributed by atoms with Crippen molar-refractivity contribution >= 4 is 47.2 Å². The zero-order valence-corrected chi connectivity index (χ0v) is 10.7. The van der Waals surface area contributed by atoms with Crippen molar-refractivity contribution in [2.45, 2.75) is 12.5 Å². The average Bonchev–Trinajstić information content (AvgIpc) is 2.13. The van der Waals surface area contributed by atoms with Crippen LogP contribution in [0, 0.1) is 0 Å². The molecule has 0 unspecified atom stereocenters. The highest BCUT2D eigenvalue weighted by molar-refractivity contribution is 6.44. The summed E-state index contributed by atoms with van der Waals surface area (Å²) in [6, 6.07) is 2.67. The Morgan fingerprint density at radius 3 is 2.27 bits per heavy atom. The summed E-state index contributed by atoms with van der Waals surface area (Å²) in [5, 5.41) is 1.10. The molecule has 0 saturated carbocycles. The van der Waals surface area contributed by atoms with E-state index in [1.807, 2.05) is 0 Å². The number of hydrogen-bond donors (Lipinski definition) is 1. The van der Waals surface area contributed by atoms with Gasteiger partial charge in [0, 0.05) is 16.6 Å². The fraction of sp³-hybridized carbons (Fsp3) is 0.333. The van der Waals surface area contributed by atoms with Gasteiger partial charge in [-0.05, 0) is 18.6 Å². The third-order valence-electron chi connectivity index (χ3n) is 1.87. The van der Waals surface area contributed by atoms with Gasteiger partial charge in [0.05, 0.1) is 16.7 Å². The first-order valence-electron chi connectivity index (χ1n) is 4.03. The van der Waals surface area contributed by atoms with Gasteiger partial charge in [0.25, 0.3) is 0 Å². The molecule has 0 spiro atoms. The number of halogens is 5. The molecule has 1 nitrogen and oxygen atoms in total. The molecule has 15 heavy (non-hydrogen) atoms. The summed E-state index contributed by atoms with van der Waals surface area (Å²) in [6.45, 7) is -0.514. The Morgan fingerprint density at radius 1 is 1.20 bits per heavy atom. The second-order valence-corrected chi connectivity index (χ2v) is 4.03. The standard InChI is InChI=1S/C9H9Cl3FN.ClH/c10-5-1-2-6(11)9(12)8(5)7(14)3-4-13;/h1-2,7H,3-4,14H2;1H/t7-;/m1./s1. The second-order valence-electron chi connectivity index (χ2n) is 2.84. The minimum atomic E-state index is -0.515. The first kappa shape index (κ1) is 15.3. The number of nitrogens with two attached hydrogens (primary N) is 1. The van der Waals surface area contributed by atoms with Crippen molar-refractivity contribution in [3.63, 3.8) is 0 Å². The number of benzene rings is 1. The first-order valence-corrected chi connectivity index (χ1v) is 5.16. The molecule has 6 heteroatoms. The third-order valence-corrected chi connectivity index (χ3v) is 3.02. The van der Waals surface area contributed by atoms with E-state index in [1.165, 1.54) is 0 Å². The van der Waals surface area contributed by atoms with Crippen LogP contribution in [-0.2, 0) is 0 Å². The van der Waals surface area contributed by atoms with Crippen molar-refractivity contribution in [3.8, 4) is 0 Å². The molecular formula is C9H10Cl4FN. The van der Waals surface area contributed by atoms with E-state index in [-0.39, 0.29) is 18.8 Å². The summed E-state index contributed by atoms with van der Waals surface area (Å²) < 4.78 is 12.1. The molecule has 0 aliphatic rings. The van der Waals surface area contributed by atoms with E-state index in [0.29, 0.717) is 20.6 Å². The number of alkyl halides is 1. The van der Waals surface area contributed by atoms with Crippen LogP contribution in [-0.4, -0.2) is 6.67 Å². The lowest BCUT2D eigenvalue weighted by Crippen LogP contribution is -2.12. The van der Waals surface area contributed by atoms with Crippen LogP contribution >= 0.6 is 47.2 Å². The first-order chi connectivity index (χ1) is 6.57. The molecule has 0 aliphatic heterocycles. The average molecular weight is 293 g/mol. The molecule has 1 rings (SSSR count). The van der Waals surface area contributed by atoms with Crippen molar-refractivity contribution in [3.05, 3.63) is 32.8 Å². The Balaban J connectivity index is 0.00000196. The topological polar surface area (TPSA) is 26.0 Å². The zero-order chi connectivity index (χ0) is 10.7. The SMILES string of the molecule is Cl.N[C@H](CCF)c1c(Cl)ccc(Cl)c1Cl. The predicted octanol–water partition coefficient (Wildman–Crippen LogP) is 4.43. The molecular weight excluding hydrogens is 283 g/mol. The molecule has 0 saturated heterocycles. The maximum Gasteiger partial charge on any atom is 0.0912 e. The Bertz CT molecular complexity index is 332. The van der Waals surface area contributed by atoms with Gasteiger partial charge < -0.3 is 5.73 Å². The third kappa shape index (κ3) is 3.65. The van der Waals surface area contributed by atoms with E-state index in [1.54, 1.807) is 12.1 Å². The summed E-state index contributed by atoms with van der Waals surface area (Å²) in [6.07, 6.45) is 0.180. The largest absolute Gasteiger partial charge is 0.324 e. The molecule has 0 heterocycles. The predicted molar refractivity (Wildman–Crippen MR) is 66.2 cm³/mol. The minimum absolute atomic E-state index is 0. The van der Waals surface area contributed by atoms with Gasteiger partial charge in [0.15, 0.2) is 0 Å². The van der Waals surface area contributed by atoms with Crippen LogP contribution in [0.5, 0.6) is 0 Å². The Labute approximate surface area is 109 Å². The zero-order valence-electron chi connectivity index (χ0n) is 7.64. The van der Waals surface area contributed by atoms with Crippen LogP contribution in [0.4, 0.5) is 4.39 Å². The van der Waals surface area contributed by atoms with E-state index in [2.05, 4.69) is 0 Å². The normalized spacial score (nSPS) is 12.1. The van der Waals surface area contributed by atoms with Gasteiger partial charge in [0.1, 0.15) is 0 Å². The van der Waals surface area contributed by atoms with E-state index >= 15 is 0 Å². The van der Waals surface area contributed by atoms with Crippen molar-refractivity contribution in [2.75, 3.05) is 6.67 Å². The Morgan fingerprint density at radius 2 is 1.73 bits per heavy atom. The highest BCUT2D eigenvalue weighted by Crippen LogP contribution is 2.35. The minimum Gasteiger partial charge on any atom is -0.324 e. The summed E-state index contributed by atoms with van der Waals surface area (Å²) in [5.41, 5.74) is 6.22. The quantitative estimate of drug-likeness (QED) is 0.820. The molecule has 2 N–H and O–H groups in total. The molecule has 0 aliphatic carbocycles. The van der Waals surface area contributed by atoms with Crippen molar-refractivity contribution in [2.24, 2.45) is 5.73 Å². The smallest absolute Gasteiger partial charge is 0.0912 e.